The molecule has 0 saturated heterocycles. The molecule has 1 unspecified atom stereocenters. The van der Waals surface area contributed by atoms with Crippen molar-refractivity contribution < 1.29 is 0 Å². The van der Waals surface area contributed by atoms with Gasteiger partial charge in [-0.25, -0.2) is 4.98 Å². The summed E-state index contributed by atoms with van der Waals surface area (Å²) >= 11 is 6.38. The van der Waals surface area contributed by atoms with Crippen molar-refractivity contribution in [3.8, 4) is 0 Å². The summed E-state index contributed by atoms with van der Waals surface area (Å²) in [6.07, 6.45) is 2.50. The average molecular weight is 439 g/mol. The lowest BCUT2D eigenvalue weighted by atomic mass is 10.00. The van der Waals surface area contributed by atoms with E-state index in [-0.39, 0.29) is 6.04 Å². The third-order valence-electron chi connectivity index (χ3n) is 5.98. The molecule has 0 radical (unpaired) electrons. The Morgan fingerprint density at radius 1 is 1.00 bits per heavy atom. The van der Waals surface area contributed by atoms with Crippen LogP contribution < -0.4 is 10.6 Å². The van der Waals surface area contributed by atoms with E-state index in [1.807, 2.05) is 31.3 Å². The molecule has 1 aliphatic heterocycles. The van der Waals surface area contributed by atoms with Gasteiger partial charge in [0.05, 0.1) is 17.4 Å². The van der Waals surface area contributed by atoms with Crippen LogP contribution in [-0.4, -0.2) is 23.8 Å². The standard InChI is InChI=1S/C27H23ClN4/c1-17-24(14-18-7-8-19-5-3-4-6-20(19)13-18)31-27(21-9-12-26(29)30-16-21)23-15-22(28)10-11-25(23)32(17)2/h3-13,15-16,24H,1,14H2,2H3,(H2,29,30). The van der Waals surface area contributed by atoms with Gasteiger partial charge in [0.15, 0.2) is 0 Å². The lowest BCUT2D eigenvalue weighted by Crippen LogP contribution is -2.25. The Kier molecular flexibility index (Phi) is 5.16. The van der Waals surface area contributed by atoms with Crippen molar-refractivity contribution >= 4 is 39.6 Å². The van der Waals surface area contributed by atoms with Crippen LogP contribution in [0.2, 0.25) is 5.02 Å². The highest BCUT2D eigenvalue weighted by atomic mass is 35.5. The van der Waals surface area contributed by atoms with Gasteiger partial charge in [-0.15, -0.1) is 0 Å². The minimum Gasteiger partial charge on any atom is -0.384 e. The van der Waals surface area contributed by atoms with Gasteiger partial charge in [0.25, 0.3) is 0 Å². The highest BCUT2D eigenvalue weighted by Crippen LogP contribution is 2.34. The number of halogens is 1. The first-order valence-electron chi connectivity index (χ1n) is 10.5. The molecule has 0 aliphatic carbocycles. The first-order chi connectivity index (χ1) is 15.5. The Labute approximate surface area is 192 Å². The van der Waals surface area contributed by atoms with Crippen LogP contribution in [0.15, 0.2) is 96.3 Å². The molecular weight excluding hydrogens is 416 g/mol. The fourth-order valence-corrected chi connectivity index (χ4v) is 4.37. The summed E-state index contributed by atoms with van der Waals surface area (Å²) in [5, 5.41) is 3.11. The van der Waals surface area contributed by atoms with Crippen LogP contribution in [0.25, 0.3) is 10.8 Å². The summed E-state index contributed by atoms with van der Waals surface area (Å²) in [5.74, 6) is 0.475. The smallest absolute Gasteiger partial charge is 0.123 e. The van der Waals surface area contributed by atoms with E-state index in [9.17, 15) is 0 Å². The molecule has 3 aromatic carbocycles. The highest BCUT2D eigenvalue weighted by molar-refractivity contribution is 6.31. The van der Waals surface area contributed by atoms with E-state index in [1.54, 1.807) is 12.3 Å². The van der Waals surface area contributed by atoms with Crippen molar-refractivity contribution in [3.05, 3.63) is 113 Å². The topological polar surface area (TPSA) is 54.5 Å². The van der Waals surface area contributed by atoms with E-state index in [0.717, 1.165) is 34.6 Å². The molecule has 0 amide bonds. The van der Waals surface area contributed by atoms with Crippen LogP contribution in [0.5, 0.6) is 0 Å². The molecule has 4 nitrogen and oxygen atoms in total. The van der Waals surface area contributed by atoms with Gasteiger partial charge in [-0.2, -0.15) is 0 Å². The summed E-state index contributed by atoms with van der Waals surface area (Å²) in [6.45, 7) is 4.41. The van der Waals surface area contributed by atoms with E-state index in [0.29, 0.717) is 10.8 Å². The van der Waals surface area contributed by atoms with Crippen molar-refractivity contribution in [3.63, 3.8) is 0 Å². The predicted octanol–water partition coefficient (Wildman–Crippen LogP) is 5.88. The van der Waals surface area contributed by atoms with Gasteiger partial charge in [0.2, 0.25) is 0 Å². The zero-order valence-corrected chi connectivity index (χ0v) is 18.6. The molecule has 2 N–H and O–H groups in total. The molecule has 158 valence electrons. The van der Waals surface area contributed by atoms with Gasteiger partial charge in [-0.05, 0) is 46.7 Å². The van der Waals surface area contributed by atoms with Gasteiger partial charge >= 0.3 is 0 Å². The minimum atomic E-state index is -0.139. The maximum absolute atomic E-state index is 6.38. The van der Waals surface area contributed by atoms with E-state index in [4.69, 9.17) is 22.3 Å². The number of anilines is 2. The second-order valence-electron chi connectivity index (χ2n) is 8.06. The maximum Gasteiger partial charge on any atom is 0.123 e. The van der Waals surface area contributed by atoms with Crippen LogP contribution in [0.3, 0.4) is 0 Å². The zero-order chi connectivity index (χ0) is 22.2. The Morgan fingerprint density at radius 2 is 1.81 bits per heavy atom. The highest BCUT2D eigenvalue weighted by Gasteiger charge is 2.26. The van der Waals surface area contributed by atoms with Crippen LogP contribution >= 0.6 is 11.6 Å². The van der Waals surface area contributed by atoms with Crippen molar-refractivity contribution in [2.24, 2.45) is 4.99 Å². The molecule has 0 saturated carbocycles. The third-order valence-corrected chi connectivity index (χ3v) is 6.21. The molecule has 1 aliphatic rings. The van der Waals surface area contributed by atoms with Crippen LogP contribution in [0.1, 0.15) is 16.7 Å². The average Bonchev–Trinajstić information content (AvgIpc) is 2.90. The number of aliphatic imine (C=N–C) groups is 1. The SMILES string of the molecule is C=C1C(Cc2ccc3ccccc3c2)N=C(c2ccc(N)nc2)c2cc(Cl)ccc2N1C. The second kappa shape index (κ2) is 8.13. The van der Waals surface area contributed by atoms with Gasteiger partial charge in [-0.1, -0.05) is 60.6 Å². The lowest BCUT2D eigenvalue weighted by molar-refractivity contribution is 0.748. The Bertz CT molecular complexity index is 1360. The predicted molar refractivity (Wildman–Crippen MR) is 135 cm³/mol. The number of benzene rings is 3. The molecule has 0 bridgehead atoms. The molecule has 1 aromatic heterocycles. The van der Waals surface area contributed by atoms with E-state index in [1.165, 1.54) is 16.3 Å². The number of nitrogens with zero attached hydrogens (tertiary/aromatic N) is 3. The van der Waals surface area contributed by atoms with E-state index in [2.05, 4.69) is 58.9 Å². The van der Waals surface area contributed by atoms with Gasteiger partial charge in [0, 0.05) is 41.5 Å². The Hall–Kier alpha value is -3.63. The largest absolute Gasteiger partial charge is 0.384 e. The number of aromatic nitrogens is 1. The lowest BCUT2D eigenvalue weighted by Gasteiger charge is -2.25. The van der Waals surface area contributed by atoms with Crippen molar-refractivity contribution in [2.45, 2.75) is 12.5 Å². The Morgan fingerprint density at radius 3 is 2.59 bits per heavy atom. The van der Waals surface area contributed by atoms with Crippen molar-refractivity contribution in [2.75, 3.05) is 17.7 Å². The minimum absolute atomic E-state index is 0.139. The molecule has 0 fully saturated rings. The van der Waals surface area contributed by atoms with Gasteiger partial charge in [-0.3, -0.25) is 4.99 Å². The quantitative estimate of drug-likeness (QED) is 0.434. The Balaban J connectivity index is 1.63. The van der Waals surface area contributed by atoms with Gasteiger partial charge < -0.3 is 10.6 Å². The molecule has 4 aromatic rings. The molecule has 0 spiro atoms. The zero-order valence-electron chi connectivity index (χ0n) is 17.8. The van der Waals surface area contributed by atoms with Crippen molar-refractivity contribution in [1.82, 2.24) is 4.98 Å². The monoisotopic (exact) mass is 438 g/mol. The normalized spacial score (nSPS) is 15.9. The first kappa shape index (κ1) is 20.3. The van der Waals surface area contributed by atoms with Crippen molar-refractivity contribution in [1.29, 1.82) is 0 Å². The number of hydrogen-bond donors (Lipinski definition) is 1. The third kappa shape index (κ3) is 3.74. The fourth-order valence-electron chi connectivity index (χ4n) is 4.20. The number of nitrogen functional groups attached to an aromatic ring is 1. The number of hydrogen-bond acceptors (Lipinski definition) is 4. The summed E-state index contributed by atoms with van der Waals surface area (Å²) < 4.78 is 0. The van der Waals surface area contributed by atoms with Gasteiger partial charge in [0.1, 0.15) is 5.82 Å². The molecule has 2 heterocycles. The molecule has 32 heavy (non-hydrogen) atoms. The maximum atomic E-state index is 6.38. The number of pyridine rings is 1. The molecule has 5 heteroatoms. The number of nitrogens with two attached hydrogens (primary N) is 1. The van der Waals surface area contributed by atoms with E-state index < -0.39 is 0 Å². The summed E-state index contributed by atoms with van der Waals surface area (Å²) in [5.41, 5.74) is 11.7. The van der Waals surface area contributed by atoms with Crippen LogP contribution in [0, 0.1) is 0 Å². The first-order valence-corrected chi connectivity index (χ1v) is 10.9. The molecular formula is C27H23ClN4. The second-order valence-corrected chi connectivity index (χ2v) is 8.50. The number of fused-ring (bicyclic) bond motifs is 2. The summed E-state index contributed by atoms with van der Waals surface area (Å²) in [6, 6.07) is 24.4. The molecule has 5 rings (SSSR count). The summed E-state index contributed by atoms with van der Waals surface area (Å²) in [7, 11) is 2.03. The fraction of sp³-hybridized carbons (Fsp3) is 0.111. The number of rotatable bonds is 3. The number of likely N-dealkylation sites (N-methyl/N-ethyl adjacent to an activating group) is 1. The number of benzodiazepines with no additional fused rings is 1. The van der Waals surface area contributed by atoms with E-state index >= 15 is 0 Å². The molecule has 1 atom stereocenters. The van der Waals surface area contributed by atoms with Crippen LogP contribution in [0.4, 0.5) is 11.5 Å². The summed E-state index contributed by atoms with van der Waals surface area (Å²) in [4.78, 5) is 11.6. The van der Waals surface area contributed by atoms with Crippen LogP contribution in [-0.2, 0) is 6.42 Å².